The van der Waals surface area contributed by atoms with Crippen LogP contribution in [0.3, 0.4) is 0 Å². The minimum absolute atomic E-state index is 0.0822. The Morgan fingerprint density at radius 3 is 2.43 bits per heavy atom. The highest BCUT2D eigenvalue weighted by Gasteiger charge is 2.30. The number of sulfone groups is 1. The Kier molecular flexibility index (Phi) is 7.82. The predicted octanol–water partition coefficient (Wildman–Crippen LogP) is 4.43. The SMILES string of the molecule is CN1CCCC(CS(=O)(=O)c2nc(Nc3c4c(cc5c3CCC5)CCC4)n(COCC[Si](C)(C)C)n2)C1. The van der Waals surface area contributed by atoms with E-state index in [-0.39, 0.29) is 23.6 Å². The molecule has 0 radical (unpaired) electrons. The van der Waals surface area contributed by atoms with Gasteiger partial charge in [-0.3, -0.25) is 0 Å². The molecule has 1 aromatic carbocycles. The molecule has 37 heavy (non-hydrogen) atoms. The van der Waals surface area contributed by atoms with Crippen molar-refractivity contribution < 1.29 is 13.2 Å². The topological polar surface area (TPSA) is 89.4 Å². The molecule has 2 heterocycles. The number of fused-ring (bicyclic) bond motifs is 2. The monoisotopic (exact) mass is 545 g/mol. The Labute approximate surface area is 223 Å². The van der Waals surface area contributed by atoms with Crippen LogP contribution in [0.5, 0.6) is 0 Å². The molecule has 5 rings (SSSR count). The van der Waals surface area contributed by atoms with Crippen molar-refractivity contribution in [3.63, 3.8) is 0 Å². The molecule has 1 fully saturated rings. The van der Waals surface area contributed by atoms with Crippen molar-refractivity contribution in [1.29, 1.82) is 0 Å². The Morgan fingerprint density at radius 1 is 1.08 bits per heavy atom. The van der Waals surface area contributed by atoms with Gasteiger partial charge in [-0.25, -0.2) is 13.1 Å². The van der Waals surface area contributed by atoms with E-state index in [0.29, 0.717) is 12.6 Å². The van der Waals surface area contributed by atoms with Gasteiger partial charge in [0.05, 0.1) is 5.75 Å². The number of aromatic nitrogens is 3. The van der Waals surface area contributed by atoms with Crippen molar-refractivity contribution in [3.05, 3.63) is 28.3 Å². The van der Waals surface area contributed by atoms with E-state index < -0.39 is 17.9 Å². The fourth-order valence-corrected chi connectivity index (χ4v) is 8.28. The average molecular weight is 546 g/mol. The fourth-order valence-electron chi connectivity index (χ4n) is 6.04. The highest BCUT2D eigenvalue weighted by atomic mass is 32.2. The summed E-state index contributed by atoms with van der Waals surface area (Å²) in [4.78, 5) is 6.82. The van der Waals surface area contributed by atoms with Gasteiger partial charge in [0.15, 0.2) is 0 Å². The number of hydrogen-bond donors (Lipinski definition) is 1. The van der Waals surface area contributed by atoms with Crippen LogP contribution in [0.1, 0.15) is 47.9 Å². The van der Waals surface area contributed by atoms with Gasteiger partial charge in [-0.1, -0.05) is 25.7 Å². The average Bonchev–Trinajstić information content (AvgIpc) is 3.55. The van der Waals surface area contributed by atoms with Crippen molar-refractivity contribution in [2.24, 2.45) is 5.92 Å². The van der Waals surface area contributed by atoms with Crippen molar-refractivity contribution in [1.82, 2.24) is 19.7 Å². The summed E-state index contributed by atoms with van der Waals surface area (Å²) in [6.07, 6.45) is 8.60. The summed E-state index contributed by atoms with van der Waals surface area (Å²) < 4.78 is 34.5. The van der Waals surface area contributed by atoms with E-state index in [1.165, 1.54) is 22.3 Å². The first kappa shape index (κ1) is 26.8. The lowest BCUT2D eigenvalue weighted by Crippen LogP contribution is -2.35. The molecule has 8 nitrogen and oxygen atoms in total. The molecule has 0 saturated carbocycles. The molecule has 1 aromatic heterocycles. The van der Waals surface area contributed by atoms with Gasteiger partial charge in [-0.15, -0.1) is 5.10 Å². The van der Waals surface area contributed by atoms with Crippen LogP contribution < -0.4 is 5.32 Å². The molecule has 1 N–H and O–H groups in total. The Morgan fingerprint density at radius 2 is 1.78 bits per heavy atom. The number of rotatable bonds is 10. The van der Waals surface area contributed by atoms with Gasteiger partial charge in [0, 0.05) is 26.9 Å². The number of benzene rings is 1. The van der Waals surface area contributed by atoms with E-state index in [2.05, 4.69) is 53.1 Å². The van der Waals surface area contributed by atoms with Crippen molar-refractivity contribution in [2.75, 3.05) is 37.8 Å². The lowest BCUT2D eigenvalue weighted by Gasteiger charge is -2.28. The molecule has 0 amide bonds. The maximum Gasteiger partial charge on any atom is 0.268 e. The third kappa shape index (κ3) is 6.29. The molecule has 3 aliphatic rings. The first-order chi connectivity index (χ1) is 17.6. The molecular weight excluding hydrogens is 502 g/mol. The number of aryl methyl sites for hydroxylation is 2. The second kappa shape index (κ2) is 10.8. The standard InChI is InChI=1S/C27H43N5O3SSi/c1-31-13-7-8-20(17-31)18-36(33,34)27-29-26(32(30-27)19-35-14-15-37(2,3)4)28-25-23-11-5-9-21(23)16-22-10-6-12-24(22)25/h16,20H,5-15,17-19H2,1-4H3,(H,28,29,30). The summed E-state index contributed by atoms with van der Waals surface area (Å²) in [7, 11) is -2.79. The van der Waals surface area contributed by atoms with E-state index >= 15 is 0 Å². The van der Waals surface area contributed by atoms with Crippen LogP contribution in [0.2, 0.25) is 25.7 Å². The molecule has 1 aliphatic heterocycles. The number of anilines is 2. The van der Waals surface area contributed by atoms with E-state index in [4.69, 9.17) is 4.74 Å². The summed E-state index contributed by atoms with van der Waals surface area (Å²) in [6, 6.07) is 3.45. The molecule has 204 valence electrons. The molecule has 1 saturated heterocycles. The number of nitrogens with one attached hydrogen (secondary N) is 1. The van der Waals surface area contributed by atoms with Gasteiger partial charge in [0.2, 0.25) is 15.8 Å². The minimum Gasteiger partial charge on any atom is -0.359 e. The van der Waals surface area contributed by atoms with Gasteiger partial charge in [0.25, 0.3) is 5.16 Å². The fraction of sp³-hybridized carbons (Fsp3) is 0.704. The van der Waals surface area contributed by atoms with E-state index in [0.717, 1.165) is 76.2 Å². The summed E-state index contributed by atoms with van der Waals surface area (Å²) in [5, 5.41) is 8.01. The lowest BCUT2D eigenvalue weighted by molar-refractivity contribution is 0.0792. The van der Waals surface area contributed by atoms with Gasteiger partial charge < -0.3 is 15.0 Å². The Bertz CT molecular complexity index is 1210. The summed E-state index contributed by atoms with van der Waals surface area (Å²) in [5.41, 5.74) is 6.72. The first-order valence-electron chi connectivity index (χ1n) is 14.0. The smallest absolute Gasteiger partial charge is 0.268 e. The van der Waals surface area contributed by atoms with Crippen LogP contribution in [-0.2, 0) is 47.0 Å². The van der Waals surface area contributed by atoms with Crippen molar-refractivity contribution in [3.8, 4) is 0 Å². The van der Waals surface area contributed by atoms with Crippen molar-refractivity contribution in [2.45, 2.75) is 88.9 Å². The first-order valence-corrected chi connectivity index (χ1v) is 19.3. The summed E-state index contributed by atoms with van der Waals surface area (Å²) >= 11 is 0. The zero-order valence-corrected chi connectivity index (χ0v) is 24.8. The molecule has 10 heteroatoms. The number of hydrogen-bond acceptors (Lipinski definition) is 7. The van der Waals surface area contributed by atoms with Crippen LogP contribution >= 0.6 is 0 Å². The Balaban J connectivity index is 1.43. The third-order valence-electron chi connectivity index (χ3n) is 8.03. The highest BCUT2D eigenvalue weighted by Crippen LogP contribution is 2.40. The number of ether oxygens (including phenoxy) is 1. The van der Waals surface area contributed by atoms with E-state index in [9.17, 15) is 8.42 Å². The molecule has 2 aliphatic carbocycles. The summed E-state index contributed by atoms with van der Waals surface area (Å²) in [6.45, 7) is 9.62. The van der Waals surface area contributed by atoms with Crippen LogP contribution in [0, 0.1) is 5.92 Å². The predicted molar refractivity (Wildman–Crippen MR) is 150 cm³/mol. The highest BCUT2D eigenvalue weighted by molar-refractivity contribution is 7.91. The van der Waals surface area contributed by atoms with Crippen LogP contribution in [-0.4, -0.2) is 68.7 Å². The molecule has 1 unspecified atom stereocenters. The second-order valence-electron chi connectivity index (χ2n) is 12.5. The van der Waals surface area contributed by atoms with E-state index in [1.807, 2.05) is 0 Å². The Hall–Kier alpha value is -1.75. The van der Waals surface area contributed by atoms with Crippen LogP contribution in [0.25, 0.3) is 0 Å². The molecular formula is C27H43N5O3SSi. The third-order valence-corrected chi connectivity index (χ3v) is 11.4. The molecule has 0 spiro atoms. The van der Waals surface area contributed by atoms with Gasteiger partial charge in [0.1, 0.15) is 6.73 Å². The maximum atomic E-state index is 13.4. The minimum atomic E-state index is -3.61. The summed E-state index contributed by atoms with van der Waals surface area (Å²) in [5.74, 6) is 0.676. The zero-order chi connectivity index (χ0) is 26.2. The normalized spacial score (nSPS) is 20.3. The van der Waals surface area contributed by atoms with Gasteiger partial charge in [-0.05, 0) is 99.2 Å². The van der Waals surface area contributed by atoms with Gasteiger partial charge in [-0.2, -0.15) is 4.98 Å². The number of piperidine rings is 1. The molecule has 0 bridgehead atoms. The lowest BCUT2D eigenvalue weighted by atomic mass is 9.99. The molecule has 1 atom stereocenters. The van der Waals surface area contributed by atoms with Crippen LogP contribution in [0.15, 0.2) is 11.2 Å². The molecule has 2 aromatic rings. The number of likely N-dealkylation sites (tertiary alicyclic amines) is 1. The van der Waals surface area contributed by atoms with Crippen LogP contribution in [0.4, 0.5) is 11.6 Å². The van der Waals surface area contributed by atoms with Crippen molar-refractivity contribution >= 4 is 29.5 Å². The largest absolute Gasteiger partial charge is 0.359 e. The zero-order valence-electron chi connectivity index (χ0n) is 23.0. The quantitative estimate of drug-likeness (QED) is 0.349. The van der Waals surface area contributed by atoms with E-state index in [1.54, 1.807) is 4.68 Å². The number of nitrogens with zero attached hydrogens (tertiary/aromatic N) is 4. The maximum absolute atomic E-state index is 13.4. The second-order valence-corrected chi connectivity index (χ2v) is 20.0. The van der Waals surface area contributed by atoms with Gasteiger partial charge >= 0.3 is 0 Å².